The highest BCUT2D eigenvalue weighted by molar-refractivity contribution is 8.00. The lowest BCUT2D eigenvalue weighted by molar-refractivity contribution is 0.199. The van der Waals surface area contributed by atoms with Crippen molar-refractivity contribution in [3.05, 3.63) is 29.3 Å². The minimum atomic E-state index is 0.765. The maximum absolute atomic E-state index is 5.05. The summed E-state index contributed by atoms with van der Waals surface area (Å²) in [5, 5.41) is 4.19. The van der Waals surface area contributed by atoms with Gasteiger partial charge >= 0.3 is 0 Å². The normalized spacial score (nSPS) is 19.0. The van der Waals surface area contributed by atoms with Crippen molar-refractivity contribution in [1.29, 1.82) is 0 Å². The Morgan fingerprint density at radius 2 is 2.29 bits per heavy atom. The molecule has 4 heteroatoms. The fourth-order valence-corrected chi connectivity index (χ4v) is 3.95. The van der Waals surface area contributed by atoms with Gasteiger partial charge in [-0.2, -0.15) is 11.8 Å². The Labute approximate surface area is 133 Å². The molecular weight excluding hydrogens is 280 g/mol. The molecule has 21 heavy (non-hydrogen) atoms. The molecule has 1 aromatic rings. The van der Waals surface area contributed by atoms with E-state index in [-0.39, 0.29) is 0 Å². The minimum absolute atomic E-state index is 0.765. The van der Waals surface area contributed by atoms with Crippen molar-refractivity contribution in [1.82, 2.24) is 5.32 Å². The summed E-state index contributed by atoms with van der Waals surface area (Å²) in [6.45, 7) is 9.47. The van der Waals surface area contributed by atoms with Crippen LogP contribution in [-0.2, 0) is 11.3 Å². The van der Waals surface area contributed by atoms with E-state index in [9.17, 15) is 0 Å². The van der Waals surface area contributed by atoms with E-state index in [0.717, 1.165) is 24.9 Å². The van der Waals surface area contributed by atoms with Crippen LogP contribution in [0.2, 0.25) is 0 Å². The average Bonchev–Trinajstić information content (AvgIpc) is 2.52. The first-order chi connectivity index (χ1) is 10.2. The molecular formula is C17H28N2OS. The summed E-state index contributed by atoms with van der Waals surface area (Å²) >= 11 is 2.12. The highest BCUT2D eigenvalue weighted by Gasteiger charge is 2.20. The van der Waals surface area contributed by atoms with Crippen molar-refractivity contribution in [3.63, 3.8) is 0 Å². The van der Waals surface area contributed by atoms with Crippen LogP contribution < -0.4 is 10.2 Å². The smallest absolute Gasteiger partial charge is 0.0587 e. The number of nitrogens with one attached hydrogen (secondary N) is 1. The van der Waals surface area contributed by atoms with E-state index in [1.165, 1.54) is 42.1 Å². The lowest BCUT2D eigenvalue weighted by Gasteiger charge is -2.34. The van der Waals surface area contributed by atoms with Crippen molar-refractivity contribution in [2.45, 2.75) is 32.1 Å². The van der Waals surface area contributed by atoms with Crippen LogP contribution in [-0.4, -0.2) is 44.4 Å². The number of hydrogen-bond donors (Lipinski definition) is 1. The van der Waals surface area contributed by atoms with Gasteiger partial charge in [0, 0.05) is 50.0 Å². The molecule has 2 rings (SSSR count). The summed E-state index contributed by atoms with van der Waals surface area (Å²) in [5.74, 6) is 1.25. The molecule has 1 aromatic carbocycles. The Morgan fingerprint density at radius 1 is 1.43 bits per heavy atom. The zero-order valence-electron chi connectivity index (χ0n) is 13.5. The van der Waals surface area contributed by atoms with Crippen LogP contribution in [0.1, 0.15) is 24.5 Å². The van der Waals surface area contributed by atoms with Gasteiger partial charge < -0.3 is 15.0 Å². The van der Waals surface area contributed by atoms with Crippen molar-refractivity contribution >= 4 is 17.4 Å². The van der Waals surface area contributed by atoms with Crippen molar-refractivity contribution in [2.75, 3.05) is 44.0 Å². The number of benzene rings is 1. The van der Waals surface area contributed by atoms with Gasteiger partial charge in [0.05, 0.1) is 6.61 Å². The maximum Gasteiger partial charge on any atom is 0.0587 e. The molecule has 0 aromatic heterocycles. The minimum Gasteiger partial charge on any atom is -0.383 e. The lowest BCUT2D eigenvalue weighted by Crippen LogP contribution is -2.38. The number of nitrogens with zero attached hydrogens (tertiary/aromatic N) is 1. The molecule has 0 radical (unpaired) electrons. The fourth-order valence-electron chi connectivity index (χ4n) is 2.77. The first-order valence-electron chi connectivity index (χ1n) is 7.90. The standard InChI is InChI=1S/C17H28N2OS/c1-4-16-13-19(8-10-21-16)17-6-5-15(11-14(17)2)12-18-7-9-20-3/h5-6,11,16,18H,4,7-10,12-13H2,1-3H3. The van der Waals surface area contributed by atoms with Crippen LogP contribution in [0.3, 0.4) is 0 Å². The Hall–Kier alpha value is -0.710. The molecule has 0 amide bonds. The zero-order valence-corrected chi connectivity index (χ0v) is 14.3. The summed E-state index contributed by atoms with van der Waals surface area (Å²) in [6, 6.07) is 6.87. The number of rotatable bonds is 7. The Kier molecular flexibility index (Phi) is 6.87. The first kappa shape index (κ1) is 16.7. The van der Waals surface area contributed by atoms with Gasteiger partial charge in [-0.05, 0) is 30.5 Å². The van der Waals surface area contributed by atoms with Crippen LogP contribution in [0.4, 0.5) is 5.69 Å². The molecule has 1 unspecified atom stereocenters. The van der Waals surface area contributed by atoms with Crippen LogP contribution in [0, 0.1) is 6.92 Å². The van der Waals surface area contributed by atoms with Crippen LogP contribution in [0.25, 0.3) is 0 Å². The molecule has 1 aliphatic rings. The molecule has 1 N–H and O–H groups in total. The summed E-state index contributed by atoms with van der Waals surface area (Å²) in [4.78, 5) is 2.56. The van der Waals surface area contributed by atoms with Crippen molar-refractivity contribution in [3.8, 4) is 0 Å². The molecule has 1 atom stereocenters. The number of ether oxygens (including phenoxy) is 1. The Morgan fingerprint density at radius 3 is 3.00 bits per heavy atom. The predicted octanol–water partition coefficient (Wildman–Crippen LogP) is 3.06. The summed E-state index contributed by atoms with van der Waals surface area (Å²) in [7, 11) is 1.74. The first-order valence-corrected chi connectivity index (χ1v) is 8.95. The molecule has 1 aliphatic heterocycles. The van der Waals surface area contributed by atoms with Gasteiger partial charge in [0.1, 0.15) is 0 Å². The van der Waals surface area contributed by atoms with E-state index in [2.05, 4.69) is 54.0 Å². The highest BCUT2D eigenvalue weighted by atomic mass is 32.2. The number of aryl methyl sites for hydroxylation is 1. The largest absolute Gasteiger partial charge is 0.383 e. The third kappa shape index (κ3) is 4.90. The van der Waals surface area contributed by atoms with Crippen molar-refractivity contribution in [2.24, 2.45) is 0 Å². The van der Waals surface area contributed by atoms with E-state index < -0.39 is 0 Å². The van der Waals surface area contributed by atoms with Gasteiger partial charge in [0.25, 0.3) is 0 Å². The van der Waals surface area contributed by atoms with Gasteiger partial charge in [-0.25, -0.2) is 0 Å². The topological polar surface area (TPSA) is 24.5 Å². The number of thioether (sulfide) groups is 1. The van der Waals surface area contributed by atoms with E-state index in [1.807, 2.05) is 0 Å². The molecule has 0 spiro atoms. The van der Waals surface area contributed by atoms with Crippen LogP contribution in [0.5, 0.6) is 0 Å². The Balaban J connectivity index is 1.95. The van der Waals surface area contributed by atoms with Crippen LogP contribution in [0.15, 0.2) is 18.2 Å². The van der Waals surface area contributed by atoms with Crippen LogP contribution >= 0.6 is 11.8 Å². The van der Waals surface area contributed by atoms with Gasteiger partial charge in [0.2, 0.25) is 0 Å². The highest BCUT2D eigenvalue weighted by Crippen LogP contribution is 2.28. The van der Waals surface area contributed by atoms with E-state index >= 15 is 0 Å². The third-order valence-corrected chi connectivity index (χ3v) is 5.38. The SMILES string of the molecule is CCC1CN(c2ccc(CNCCOC)cc2C)CCS1. The number of anilines is 1. The second-order valence-electron chi connectivity index (χ2n) is 5.64. The predicted molar refractivity (Wildman–Crippen MR) is 93.5 cm³/mol. The third-order valence-electron chi connectivity index (χ3n) is 4.01. The molecule has 0 saturated carbocycles. The van der Waals surface area contributed by atoms with Gasteiger partial charge in [0.15, 0.2) is 0 Å². The van der Waals surface area contributed by atoms with Crippen molar-refractivity contribution < 1.29 is 4.74 Å². The van der Waals surface area contributed by atoms with Gasteiger partial charge in [-0.1, -0.05) is 19.1 Å². The number of hydrogen-bond acceptors (Lipinski definition) is 4. The quantitative estimate of drug-likeness (QED) is 0.783. The molecule has 0 aliphatic carbocycles. The molecule has 3 nitrogen and oxygen atoms in total. The second kappa shape index (κ2) is 8.66. The van der Waals surface area contributed by atoms with Gasteiger partial charge in [-0.15, -0.1) is 0 Å². The summed E-state index contributed by atoms with van der Waals surface area (Å²) in [6.07, 6.45) is 1.27. The van der Waals surface area contributed by atoms with E-state index in [1.54, 1.807) is 7.11 Å². The monoisotopic (exact) mass is 308 g/mol. The second-order valence-corrected chi connectivity index (χ2v) is 7.05. The Bertz CT molecular complexity index is 439. The zero-order chi connectivity index (χ0) is 15.1. The average molecular weight is 308 g/mol. The molecule has 1 fully saturated rings. The summed E-state index contributed by atoms with van der Waals surface area (Å²) < 4.78 is 5.05. The maximum atomic E-state index is 5.05. The fraction of sp³-hybridized carbons (Fsp3) is 0.647. The molecule has 1 saturated heterocycles. The van der Waals surface area contributed by atoms with Gasteiger partial charge in [-0.3, -0.25) is 0 Å². The lowest BCUT2D eigenvalue weighted by atomic mass is 10.1. The molecule has 118 valence electrons. The van der Waals surface area contributed by atoms with E-state index in [4.69, 9.17) is 4.74 Å². The molecule has 1 heterocycles. The summed E-state index contributed by atoms with van der Waals surface area (Å²) in [5.41, 5.74) is 4.16. The van der Waals surface area contributed by atoms with E-state index in [0.29, 0.717) is 0 Å². The number of methoxy groups -OCH3 is 1. The molecule has 0 bridgehead atoms.